The minimum Gasteiger partial charge on any atom is -0.350 e. The van der Waals surface area contributed by atoms with Gasteiger partial charge < -0.3 is 11.1 Å². The predicted octanol–water partition coefficient (Wildman–Crippen LogP) is 1.12. The molecule has 0 aromatic carbocycles. The molecule has 1 heterocycles. The lowest BCUT2D eigenvalue weighted by Gasteiger charge is -2.18. The van der Waals surface area contributed by atoms with E-state index < -0.39 is 10.5 Å². The van der Waals surface area contributed by atoms with E-state index in [-0.39, 0.29) is 10.9 Å². The number of carbonyl (C=O) groups is 1. The van der Waals surface area contributed by atoms with Gasteiger partial charge in [-0.1, -0.05) is 11.3 Å². The second kappa shape index (κ2) is 4.58. The van der Waals surface area contributed by atoms with Crippen molar-refractivity contribution in [2.75, 3.05) is 6.54 Å². The summed E-state index contributed by atoms with van der Waals surface area (Å²) >= 11 is 0.848. The van der Waals surface area contributed by atoms with Crippen LogP contribution in [0.4, 0.5) is 5.00 Å². The minimum atomic E-state index is -0.520. The van der Waals surface area contributed by atoms with Crippen molar-refractivity contribution < 1.29 is 9.72 Å². The van der Waals surface area contributed by atoms with Gasteiger partial charge in [0.15, 0.2) is 0 Å². The summed E-state index contributed by atoms with van der Waals surface area (Å²) in [5.41, 5.74) is 5.19. The summed E-state index contributed by atoms with van der Waals surface area (Å²) in [5.74, 6) is -0.336. The largest absolute Gasteiger partial charge is 0.350 e. The van der Waals surface area contributed by atoms with Crippen molar-refractivity contribution in [2.24, 2.45) is 5.73 Å². The Kier molecular flexibility index (Phi) is 3.61. The van der Waals surface area contributed by atoms with Crippen LogP contribution in [0, 0.1) is 10.1 Å². The van der Waals surface area contributed by atoms with Crippen LogP contribution in [0.5, 0.6) is 0 Å². The number of thiophene rings is 1. The number of nitrogens with one attached hydrogen (secondary N) is 1. The number of hydrogen-bond acceptors (Lipinski definition) is 5. The maximum Gasteiger partial charge on any atom is 0.324 e. The van der Waals surface area contributed by atoms with Crippen molar-refractivity contribution in [3.05, 3.63) is 27.1 Å². The summed E-state index contributed by atoms with van der Waals surface area (Å²) in [6.45, 7) is 3.88. The molecule has 0 saturated heterocycles. The molecular formula is C9H13N3O3S. The molecule has 0 spiro atoms. The highest BCUT2D eigenvalue weighted by molar-refractivity contribution is 7.17. The lowest BCUT2D eigenvalue weighted by molar-refractivity contribution is -0.380. The number of hydrogen-bond donors (Lipinski definition) is 2. The third-order valence-corrected chi connectivity index (χ3v) is 2.74. The number of carbonyl (C=O) groups excluding carboxylic acids is 1. The molecule has 0 bridgehead atoms. The highest BCUT2D eigenvalue weighted by Crippen LogP contribution is 2.23. The number of nitrogens with zero attached hydrogens (tertiary/aromatic N) is 1. The Morgan fingerprint density at radius 3 is 2.69 bits per heavy atom. The standard InChI is InChI=1S/C9H13N3O3S/c1-9(2,10)5-11-8(13)6-3-4-7(16-6)12(14)15/h3-4H,5,10H2,1-2H3,(H,11,13). The normalized spacial score (nSPS) is 11.2. The molecule has 88 valence electrons. The van der Waals surface area contributed by atoms with E-state index in [0.717, 1.165) is 11.3 Å². The zero-order valence-electron chi connectivity index (χ0n) is 9.02. The van der Waals surface area contributed by atoms with E-state index in [4.69, 9.17) is 5.73 Å². The molecule has 0 fully saturated rings. The maximum atomic E-state index is 11.5. The molecule has 1 rings (SSSR count). The second-order valence-corrected chi connectivity index (χ2v) is 5.13. The summed E-state index contributed by atoms with van der Waals surface area (Å²) in [7, 11) is 0. The first-order valence-corrected chi connectivity index (χ1v) is 5.42. The number of amides is 1. The lowest BCUT2D eigenvalue weighted by atomic mass is 10.1. The number of rotatable bonds is 4. The highest BCUT2D eigenvalue weighted by Gasteiger charge is 2.17. The zero-order valence-corrected chi connectivity index (χ0v) is 9.84. The SMILES string of the molecule is CC(C)(N)CNC(=O)c1ccc([N+](=O)[O-])s1. The molecule has 7 heteroatoms. The van der Waals surface area contributed by atoms with Gasteiger partial charge in [0, 0.05) is 18.2 Å². The number of nitrogens with two attached hydrogens (primary N) is 1. The van der Waals surface area contributed by atoms with Gasteiger partial charge >= 0.3 is 5.00 Å². The summed E-state index contributed by atoms with van der Waals surface area (Å²) in [4.78, 5) is 21.8. The first-order chi connectivity index (χ1) is 7.29. The Bertz CT molecular complexity index is 408. The van der Waals surface area contributed by atoms with Gasteiger partial charge in [-0.25, -0.2) is 0 Å². The molecular weight excluding hydrogens is 230 g/mol. The fourth-order valence-electron chi connectivity index (χ4n) is 0.943. The smallest absolute Gasteiger partial charge is 0.324 e. The van der Waals surface area contributed by atoms with Crippen LogP contribution in [0.25, 0.3) is 0 Å². The van der Waals surface area contributed by atoms with Crippen LogP contribution in [0.2, 0.25) is 0 Å². The fourth-order valence-corrected chi connectivity index (χ4v) is 1.68. The summed E-state index contributed by atoms with van der Waals surface area (Å²) in [6.07, 6.45) is 0. The molecule has 0 saturated carbocycles. The quantitative estimate of drug-likeness (QED) is 0.611. The van der Waals surface area contributed by atoms with E-state index in [0.29, 0.717) is 11.4 Å². The summed E-state index contributed by atoms with van der Waals surface area (Å²) < 4.78 is 0. The Morgan fingerprint density at radius 2 is 2.25 bits per heavy atom. The van der Waals surface area contributed by atoms with E-state index in [1.807, 2.05) is 0 Å². The molecule has 0 unspecified atom stereocenters. The van der Waals surface area contributed by atoms with Gasteiger partial charge in [-0.05, 0) is 19.9 Å². The first-order valence-electron chi connectivity index (χ1n) is 4.61. The molecule has 0 aliphatic carbocycles. The van der Waals surface area contributed by atoms with Crippen LogP contribution in [0.1, 0.15) is 23.5 Å². The highest BCUT2D eigenvalue weighted by atomic mass is 32.1. The van der Waals surface area contributed by atoms with Crippen LogP contribution in [0.15, 0.2) is 12.1 Å². The van der Waals surface area contributed by atoms with Crippen molar-refractivity contribution in [3.63, 3.8) is 0 Å². The van der Waals surface area contributed by atoms with Crippen molar-refractivity contribution >= 4 is 22.2 Å². The van der Waals surface area contributed by atoms with Gasteiger partial charge in [-0.2, -0.15) is 0 Å². The Labute approximate surface area is 96.6 Å². The fraction of sp³-hybridized carbons (Fsp3) is 0.444. The van der Waals surface area contributed by atoms with Crippen LogP contribution in [-0.4, -0.2) is 22.9 Å². The van der Waals surface area contributed by atoms with Crippen molar-refractivity contribution in [2.45, 2.75) is 19.4 Å². The number of nitro groups is 1. The topological polar surface area (TPSA) is 98.3 Å². The molecule has 3 N–H and O–H groups in total. The van der Waals surface area contributed by atoms with E-state index in [2.05, 4.69) is 5.32 Å². The average Bonchev–Trinajstić information content (AvgIpc) is 2.61. The molecule has 0 aliphatic heterocycles. The molecule has 0 aliphatic rings. The molecule has 1 aromatic heterocycles. The van der Waals surface area contributed by atoms with E-state index in [9.17, 15) is 14.9 Å². The van der Waals surface area contributed by atoms with Crippen molar-refractivity contribution in [1.82, 2.24) is 5.32 Å². The molecule has 0 atom stereocenters. The monoisotopic (exact) mass is 243 g/mol. The van der Waals surface area contributed by atoms with Crippen molar-refractivity contribution in [3.8, 4) is 0 Å². The van der Waals surface area contributed by atoms with E-state index in [1.165, 1.54) is 12.1 Å². The molecule has 0 radical (unpaired) electrons. The van der Waals surface area contributed by atoms with E-state index in [1.54, 1.807) is 13.8 Å². The van der Waals surface area contributed by atoms with Crippen LogP contribution in [0.3, 0.4) is 0 Å². The van der Waals surface area contributed by atoms with Gasteiger partial charge in [-0.3, -0.25) is 14.9 Å². The Hall–Kier alpha value is -1.47. The van der Waals surface area contributed by atoms with Gasteiger partial charge in [-0.15, -0.1) is 0 Å². The average molecular weight is 243 g/mol. The maximum absolute atomic E-state index is 11.5. The predicted molar refractivity (Wildman–Crippen MR) is 61.6 cm³/mol. The van der Waals surface area contributed by atoms with E-state index >= 15 is 0 Å². The third kappa shape index (κ3) is 3.59. The summed E-state index contributed by atoms with van der Waals surface area (Å²) in [6, 6.07) is 2.74. The molecule has 6 nitrogen and oxygen atoms in total. The third-order valence-electron chi connectivity index (χ3n) is 1.70. The van der Waals surface area contributed by atoms with Gasteiger partial charge in [0.2, 0.25) is 0 Å². The van der Waals surface area contributed by atoms with Crippen LogP contribution in [-0.2, 0) is 0 Å². The summed E-state index contributed by atoms with van der Waals surface area (Å²) in [5, 5.41) is 13.0. The molecule has 1 amide bonds. The van der Waals surface area contributed by atoms with Gasteiger partial charge in [0.1, 0.15) is 0 Å². The minimum absolute atomic E-state index is 0.0443. The van der Waals surface area contributed by atoms with Crippen LogP contribution < -0.4 is 11.1 Å². The Morgan fingerprint density at radius 1 is 1.62 bits per heavy atom. The first kappa shape index (κ1) is 12.6. The van der Waals surface area contributed by atoms with Gasteiger partial charge in [0.25, 0.3) is 5.91 Å². The van der Waals surface area contributed by atoms with Crippen LogP contribution >= 0.6 is 11.3 Å². The lowest BCUT2D eigenvalue weighted by Crippen LogP contribution is -2.44. The second-order valence-electron chi connectivity index (χ2n) is 4.07. The zero-order chi connectivity index (χ0) is 12.3. The Balaban J connectivity index is 2.63. The molecule has 16 heavy (non-hydrogen) atoms. The molecule has 1 aromatic rings. The van der Waals surface area contributed by atoms with Gasteiger partial charge in [0.05, 0.1) is 9.80 Å². The van der Waals surface area contributed by atoms with Crippen molar-refractivity contribution in [1.29, 1.82) is 0 Å².